The van der Waals surface area contributed by atoms with Crippen LogP contribution >= 0.6 is 12.4 Å². The average Bonchev–Trinajstić information content (AvgIpc) is 2.30. The second-order valence-corrected chi connectivity index (χ2v) is 3.28. The van der Waals surface area contributed by atoms with E-state index in [-0.39, 0.29) is 18.3 Å². The zero-order valence-electron chi connectivity index (χ0n) is 8.35. The minimum absolute atomic E-state index is 0. The Kier molecular flexibility index (Phi) is 4.52. The molecule has 1 aliphatic rings. The van der Waals surface area contributed by atoms with E-state index in [4.69, 9.17) is 0 Å². The van der Waals surface area contributed by atoms with Gasteiger partial charge in [-0.15, -0.1) is 12.4 Å². The first kappa shape index (κ1) is 11.9. The highest BCUT2D eigenvalue weighted by Crippen LogP contribution is 2.03. The number of rotatable bonds is 1. The molecule has 0 radical (unpaired) electrons. The number of piperazine rings is 1. The van der Waals surface area contributed by atoms with Crippen LogP contribution in [0.4, 0.5) is 0 Å². The number of nitrogens with one attached hydrogen (secondary N) is 1. The van der Waals surface area contributed by atoms with Gasteiger partial charge in [0.1, 0.15) is 0 Å². The van der Waals surface area contributed by atoms with Crippen LogP contribution in [0.5, 0.6) is 0 Å². The third kappa shape index (κ3) is 2.91. The van der Waals surface area contributed by atoms with Crippen LogP contribution < -0.4 is 5.32 Å². The van der Waals surface area contributed by atoms with Crippen LogP contribution in [0.15, 0.2) is 24.5 Å². The Balaban J connectivity index is 0.00000112. The number of pyridine rings is 1. The molecule has 1 aliphatic heterocycles. The van der Waals surface area contributed by atoms with E-state index in [0.29, 0.717) is 5.56 Å². The van der Waals surface area contributed by atoms with E-state index in [1.807, 2.05) is 4.90 Å². The monoisotopic (exact) mass is 227 g/mol. The summed E-state index contributed by atoms with van der Waals surface area (Å²) in [6.07, 6.45) is 3.29. The Hall–Kier alpha value is -1.13. The molecule has 0 unspecified atom stereocenters. The summed E-state index contributed by atoms with van der Waals surface area (Å²) in [5, 5.41) is 3.21. The molecule has 0 saturated carbocycles. The van der Waals surface area contributed by atoms with Crippen LogP contribution in [0.1, 0.15) is 10.4 Å². The van der Waals surface area contributed by atoms with Crippen molar-refractivity contribution in [2.24, 2.45) is 0 Å². The van der Waals surface area contributed by atoms with Crippen molar-refractivity contribution in [1.82, 2.24) is 15.2 Å². The summed E-state index contributed by atoms with van der Waals surface area (Å²) < 4.78 is 0. The second-order valence-electron chi connectivity index (χ2n) is 3.28. The Bertz CT molecular complexity index is 312. The molecule has 2 rings (SSSR count). The number of amides is 1. The number of aromatic nitrogens is 1. The molecule has 0 aromatic carbocycles. The molecule has 1 saturated heterocycles. The lowest BCUT2D eigenvalue weighted by Gasteiger charge is -2.27. The van der Waals surface area contributed by atoms with Gasteiger partial charge in [0.05, 0.1) is 5.56 Å². The molecule has 1 aromatic rings. The Labute approximate surface area is 95.1 Å². The van der Waals surface area contributed by atoms with Crippen LogP contribution in [0.3, 0.4) is 0 Å². The maximum Gasteiger partial charge on any atom is 0.255 e. The van der Waals surface area contributed by atoms with Crippen molar-refractivity contribution in [3.8, 4) is 0 Å². The SMILES string of the molecule is Cl.O=C(c1cccnc1)N1CCNCC1. The van der Waals surface area contributed by atoms with Crippen LogP contribution in [0, 0.1) is 0 Å². The molecule has 4 nitrogen and oxygen atoms in total. The third-order valence-electron chi connectivity index (χ3n) is 2.31. The second kappa shape index (κ2) is 5.68. The van der Waals surface area contributed by atoms with E-state index >= 15 is 0 Å². The van der Waals surface area contributed by atoms with Crippen molar-refractivity contribution in [2.75, 3.05) is 26.2 Å². The van der Waals surface area contributed by atoms with Gasteiger partial charge in [0.25, 0.3) is 5.91 Å². The van der Waals surface area contributed by atoms with E-state index in [2.05, 4.69) is 10.3 Å². The Morgan fingerprint density at radius 1 is 1.40 bits per heavy atom. The third-order valence-corrected chi connectivity index (χ3v) is 2.31. The van der Waals surface area contributed by atoms with Crippen molar-refractivity contribution in [3.05, 3.63) is 30.1 Å². The lowest BCUT2D eigenvalue weighted by atomic mass is 10.2. The fraction of sp³-hybridized carbons (Fsp3) is 0.400. The van der Waals surface area contributed by atoms with Crippen LogP contribution in [0.25, 0.3) is 0 Å². The van der Waals surface area contributed by atoms with Crippen molar-refractivity contribution in [1.29, 1.82) is 0 Å². The van der Waals surface area contributed by atoms with E-state index < -0.39 is 0 Å². The Morgan fingerprint density at radius 2 is 2.13 bits per heavy atom. The molecular formula is C10H14ClN3O. The number of hydrogen-bond acceptors (Lipinski definition) is 3. The average molecular weight is 228 g/mol. The van der Waals surface area contributed by atoms with Gasteiger partial charge in [-0.25, -0.2) is 0 Å². The zero-order chi connectivity index (χ0) is 9.80. The summed E-state index contributed by atoms with van der Waals surface area (Å²) in [6, 6.07) is 3.59. The molecular weight excluding hydrogens is 214 g/mol. The maximum absolute atomic E-state index is 11.9. The van der Waals surface area contributed by atoms with E-state index in [9.17, 15) is 4.79 Å². The number of hydrogen-bond donors (Lipinski definition) is 1. The summed E-state index contributed by atoms with van der Waals surface area (Å²) in [5.74, 6) is 0.0830. The number of carbonyl (C=O) groups excluding carboxylic acids is 1. The van der Waals surface area contributed by atoms with Gasteiger partial charge in [-0.05, 0) is 12.1 Å². The summed E-state index contributed by atoms with van der Waals surface area (Å²) in [5.41, 5.74) is 0.675. The predicted molar refractivity (Wildman–Crippen MR) is 60.3 cm³/mol. The van der Waals surface area contributed by atoms with Gasteiger partial charge in [-0.3, -0.25) is 9.78 Å². The summed E-state index contributed by atoms with van der Waals surface area (Å²) >= 11 is 0. The van der Waals surface area contributed by atoms with Crippen LogP contribution in [-0.2, 0) is 0 Å². The van der Waals surface area contributed by atoms with Gasteiger partial charge in [0, 0.05) is 38.6 Å². The molecule has 2 heterocycles. The number of halogens is 1. The number of carbonyl (C=O) groups is 1. The highest BCUT2D eigenvalue weighted by Gasteiger charge is 2.17. The minimum Gasteiger partial charge on any atom is -0.336 e. The summed E-state index contributed by atoms with van der Waals surface area (Å²) in [4.78, 5) is 17.7. The zero-order valence-corrected chi connectivity index (χ0v) is 9.17. The molecule has 1 amide bonds. The molecule has 1 fully saturated rings. The molecule has 0 bridgehead atoms. The molecule has 5 heteroatoms. The lowest BCUT2D eigenvalue weighted by molar-refractivity contribution is 0.0735. The van der Waals surface area contributed by atoms with E-state index in [1.165, 1.54) is 0 Å². The lowest BCUT2D eigenvalue weighted by Crippen LogP contribution is -2.46. The fourth-order valence-corrected chi connectivity index (χ4v) is 1.54. The maximum atomic E-state index is 11.9. The van der Waals surface area contributed by atoms with Crippen molar-refractivity contribution in [3.63, 3.8) is 0 Å². The topological polar surface area (TPSA) is 45.2 Å². The first-order valence-electron chi connectivity index (χ1n) is 4.78. The molecule has 0 spiro atoms. The fourth-order valence-electron chi connectivity index (χ4n) is 1.54. The number of nitrogens with zero attached hydrogens (tertiary/aromatic N) is 2. The molecule has 82 valence electrons. The first-order valence-corrected chi connectivity index (χ1v) is 4.78. The van der Waals surface area contributed by atoms with E-state index in [0.717, 1.165) is 26.2 Å². The molecule has 15 heavy (non-hydrogen) atoms. The molecule has 0 aliphatic carbocycles. The standard InChI is InChI=1S/C10H13N3O.ClH/c14-10(9-2-1-3-12-8-9)13-6-4-11-5-7-13;/h1-3,8,11H,4-7H2;1H. The largest absolute Gasteiger partial charge is 0.336 e. The van der Waals surface area contributed by atoms with Crippen molar-refractivity contribution in [2.45, 2.75) is 0 Å². The molecule has 1 aromatic heterocycles. The minimum atomic E-state index is 0. The van der Waals surface area contributed by atoms with Gasteiger partial charge in [-0.2, -0.15) is 0 Å². The highest BCUT2D eigenvalue weighted by molar-refractivity contribution is 5.93. The van der Waals surface area contributed by atoms with Crippen LogP contribution in [0.2, 0.25) is 0 Å². The van der Waals surface area contributed by atoms with Crippen molar-refractivity contribution < 1.29 is 4.79 Å². The first-order chi connectivity index (χ1) is 6.88. The van der Waals surface area contributed by atoms with Gasteiger partial charge in [-0.1, -0.05) is 0 Å². The Morgan fingerprint density at radius 3 is 2.73 bits per heavy atom. The van der Waals surface area contributed by atoms with Gasteiger partial charge in [0.2, 0.25) is 0 Å². The molecule has 0 atom stereocenters. The van der Waals surface area contributed by atoms with E-state index in [1.54, 1.807) is 24.5 Å². The highest BCUT2D eigenvalue weighted by atomic mass is 35.5. The smallest absolute Gasteiger partial charge is 0.255 e. The van der Waals surface area contributed by atoms with Gasteiger partial charge >= 0.3 is 0 Å². The summed E-state index contributed by atoms with van der Waals surface area (Å²) in [7, 11) is 0. The molecule has 1 N–H and O–H groups in total. The summed E-state index contributed by atoms with van der Waals surface area (Å²) in [6.45, 7) is 3.33. The van der Waals surface area contributed by atoms with Crippen LogP contribution in [-0.4, -0.2) is 42.0 Å². The van der Waals surface area contributed by atoms with Gasteiger partial charge < -0.3 is 10.2 Å². The normalized spacial score (nSPS) is 15.6. The van der Waals surface area contributed by atoms with Gasteiger partial charge in [0.15, 0.2) is 0 Å². The quantitative estimate of drug-likeness (QED) is 0.762. The van der Waals surface area contributed by atoms with Crippen molar-refractivity contribution >= 4 is 18.3 Å². The predicted octanol–water partition coefficient (Wildman–Crippen LogP) is 0.549.